The van der Waals surface area contributed by atoms with Crippen molar-refractivity contribution < 1.29 is 19.5 Å². The Morgan fingerprint density at radius 1 is 1.40 bits per heavy atom. The van der Waals surface area contributed by atoms with Crippen LogP contribution in [-0.4, -0.2) is 76.5 Å². The SMILES string of the molecule is CCN(CCC(=O)O)C(=O)N1CCN2C(=O)CCC2C1. The second-order valence-electron chi connectivity index (χ2n) is 5.23. The van der Waals surface area contributed by atoms with Crippen molar-refractivity contribution in [2.45, 2.75) is 32.2 Å². The molecule has 2 aliphatic rings. The molecule has 2 saturated heterocycles. The van der Waals surface area contributed by atoms with Gasteiger partial charge in [-0.25, -0.2) is 4.79 Å². The Morgan fingerprint density at radius 2 is 2.15 bits per heavy atom. The lowest BCUT2D eigenvalue weighted by Crippen LogP contribution is -2.56. The Hall–Kier alpha value is -1.79. The second kappa shape index (κ2) is 6.11. The van der Waals surface area contributed by atoms with Gasteiger partial charge >= 0.3 is 12.0 Å². The molecule has 0 spiro atoms. The molecular weight excluding hydrogens is 262 g/mol. The van der Waals surface area contributed by atoms with Gasteiger partial charge in [-0.15, -0.1) is 0 Å². The molecule has 7 nitrogen and oxygen atoms in total. The molecule has 112 valence electrons. The van der Waals surface area contributed by atoms with E-state index in [9.17, 15) is 14.4 Å². The van der Waals surface area contributed by atoms with Crippen LogP contribution >= 0.6 is 0 Å². The van der Waals surface area contributed by atoms with Crippen molar-refractivity contribution in [3.05, 3.63) is 0 Å². The van der Waals surface area contributed by atoms with Gasteiger partial charge in [-0.3, -0.25) is 9.59 Å². The number of hydrogen-bond donors (Lipinski definition) is 1. The molecule has 20 heavy (non-hydrogen) atoms. The first-order valence-corrected chi connectivity index (χ1v) is 7.08. The van der Waals surface area contributed by atoms with Gasteiger partial charge in [0.25, 0.3) is 0 Å². The molecule has 2 fully saturated rings. The van der Waals surface area contributed by atoms with Crippen LogP contribution in [0.1, 0.15) is 26.2 Å². The molecule has 0 radical (unpaired) electrons. The van der Waals surface area contributed by atoms with Crippen LogP contribution in [0.5, 0.6) is 0 Å². The molecule has 1 unspecified atom stereocenters. The molecule has 1 N–H and O–H groups in total. The van der Waals surface area contributed by atoms with E-state index < -0.39 is 5.97 Å². The Kier molecular flexibility index (Phi) is 4.46. The number of carbonyl (C=O) groups excluding carboxylic acids is 2. The quantitative estimate of drug-likeness (QED) is 0.799. The normalized spacial score (nSPS) is 21.9. The van der Waals surface area contributed by atoms with E-state index in [0.717, 1.165) is 6.42 Å². The van der Waals surface area contributed by atoms with E-state index in [2.05, 4.69) is 0 Å². The van der Waals surface area contributed by atoms with Gasteiger partial charge in [-0.2, -0.15) is 0 Å². The molecule has 2 aliphatic heterocycles. The Morgan fingerprint density at radius 3 is 2.80 bits per heavy atom. The summed E-state index contributed by atoms with van der Waals surface area (Å²) in [5.74, 6) is -0.720. The lowest BCUT2D eigenvalue weighted by molar-refractivity contribution is -0.137. The molecule has 0 aromatic carbocycles. The predicted octanol–water partition coefficient (Wildman–Crippen LogP) is 0.210. The van der Waals surface area contributed by atoms with Gasteiger partial charge in [0.1, 0.15) is 0 Å². The zero-order valence-electron chi connectivity index (χ0n) is 11.7. The first-order valence-electron chi connectivity index (χ1n) is 7.08. The Balaban J connectivity index is 1.92. The molecule has 0 aromatic heterocycles. The number of nitrogens with zero attached hydrogens (tertiary/aromatic N) is 3. The molecule has 0 bridgehead atoms. The largest absolute Gasteiger partial charge is 0.481 e. The van der Waals surface area contributed by atoms with Gasteiger partial charge in [0.2, 0.25) is 5.91 Å². The van der Waals surface area contributed by atoms with Crippen LogP contribution in [0, 0.1) is 0 Å². The van der Waals surface area contributed by atoms with Crippen LogP contribution < -0.4 is 0 Å². The number of rotatable bonds is 4. The Labute approximate surface area is 118 Å². The zero-order valence-corrected chi connectivity index (χ0v) is 11.7. The Bertz CT molecular complexity index is 412. The molecule has 0 aromatic rings. The van der Waals surface area contributed by atoms with E-state index in [-0.39, 0.29) is 30.9 Å². The van der Waals surface area contributed by atoms with Crippen LogP contribution in [0.15, 0.2) is 0 Å². The van der Waals surface area contributed by atoms with Crippen LogP contribution in [0.4, 0.5) is 4.79 Å². The van der Waals surface area contributed by atoms with Gasteiger partial charge < -0.3 is 19.8 Å². The van der Waals surface area contributed by atoms with E-state index in [1.54, 1.807) is 9.80 Å². The van der Waals surface area contributed by atoms with Crippen LogP contribution in [0.25, 0.3) is 0 Å². The fraction of sp³-hybridized carbons (Fsp3) is 0.769. The monoisotopic (exact) mass is 283 g/mol. The lowest BCUT2D eigenvalue weighted by atomic mass is 10.1. The van der Waals surface area contributed by atoms with Crippen molar-refractivity contribution >= 4 is 17.9 Å². The summed E-state index contributed by atoms with van der Waals surface area (Å²) < 4.78 is 0. The van der Waals surface area contributed by atoms with Crippen LogP contribution in [0.2, 0.25) is 0 Å². The predicted molar refractivity (Wildman–Crippen MR) is 71.2 cm³/mol. The highest BCUT2D eigenvalue weighted by molar-refractivity contribution is 5.80. The van der Waals surface area contributed by atoms with E-state index >= 15 is 0 Å². The first-order chi connectivity index (χ1) is 9.52. The number of piperazine rings is 1. The second-order valence-corrected chi connectivity index (χ2v) is 5.23. The van der Waals surface area contributed by atoms with Gasteiger partial charge in [-0.05, 0) is 13.3 Å². The third-order valence-electron chi connectivity index (χ3n) is 4.01. The molecule has 3 amide bonds. The maximum Gasteiger partial charge on any atom is 0.320 e. The average Bonchev–Trinajstić information content (AvgIpc) is 2.80. The molecule has 0 saturated carbocycles. The lowest BCUT2D eigenvalue weighted by Gasteiger charge is -2.39. The highest BCUT2D eigenvalue weighted by atomic mass is 16.4. The highest BCUT2D eigenvalue weighted by Crippen LogP contribution is 2.23. The average molecular weight is 283 g/mol. The summed E-state index contributed by atoms with van der Waals surface area (Å²) in [7, 11) is 0. The molecule has 0 aliphatic carbocycles. The van der Waals surface area contributed by atoms with Crippen molar-refractivity contribution in [3.8, 4) is 0 Å². The summed E-state index contributed by atoms with van der Waals surface area (Å²) in [5.41, 5.74) is 0. The van der Waals surface area contributed by atoms with Crippen LogP contribution in [-0.2, 0) is 9.59 Å². The van der Waals surface area contributed by atoms with Gasteiger partial charge in [-0.1, -0.05) is 0 Å². The summed E-state index contributed by atoms with van der Waals surface area (Å²) in [6.45, 7) is 4.25. The number of aliphatic carboxylic acids is 1. The van der Waals surface area contributed by atoms with Crippen molar-refractivity contribution in [2.75, 3.05) is 32.7 Å². The summed E-state index contributed by atoms with van der Waals surface area (Å²) in [4.78, 5) is 39.7. The number of carboxylic acid groups (broad SMARTS) is 1. The third kappa shape index (κ3) is 3.02. The number of carboxylic acids is 1. The smallest absolute Gasteiger partial charge is 0.320 e. The number of urea groups is 1. The number of hydrogen-bond acceptors (Lipinski definition) is 3. The van der Waals surface area contributed by atoms with Crippen molar-refractivity contribution in [1.82, 2.24) is 14.7 Å². The minimum atomic E-state index is -0.901. The van der Waals surface area contributed by atoms with E-state index in [4.69, 9.17) is 5.11 Å². The molecule has 7 heteroatoms. The van der Waals surface area contributed by atoms with E-state index in [1.165, 1.54) is 0 Å². The first kappa shape index (κ1) is 14.6. The van der Waals surface area contributed by atoms with Gasteiger partial charge in [0.15, 0.2) is 0 Å². The van der Waals surface area contributed by atoms with Crippen LogP contribution in [0.3, 0.4) is 0 Å². The highest BCUT2D eigenvalue weighted by Gasteiger charge is 2.37. The van der Waals surface area contributed by atoms with Crippen molar-refractivity contribution in [2.24, 2.45) is 0 Å². The standard InChI is InChI=1S/C13H21N3O4/c1-2-14(6-5-12(18)19)13(20)15-7-8-16-10(9-15)3-4-11(16)17/h10H,2-9H2,1H3,(H,18,19). The van der Waals surface area contributed by atoms with E-state index in [1.807, 2.05) is 11.8 Å². The maximum atomic E-state index is 12.4. The zero-order chi connectivity index (χ0) is 14.7. The topological polar surface area (TPSA) is 81.2 Å². The molecule has 2 heterocycles. The molecule has 2 rings (SSSR count). The minimum absolute atomic E-state index is 0.0402. The van der Waals surface area contributed by atoms with Gasteiger partial charge in [0.05, 0.1) is 6.42 Å². The molecular formula is C13H21N3O4. The van der Waals surface area contributed by atoms with Crippen molar-refractivity contribution in [3.63, 3.8) is 0 Å². The summed E-state index contributed by atoms with van der Waals surface area (Å²) >= 11 is 0. The fourth-order valence-corrected chi connectivity index (χ4v) is 2.86. The third-order valence-corrected chi connectivity index (χ3v) is 4.01. The maximum absolute atomic E-state index is 12.4. The summed E-state index contributed by atoms with van der Waals surface area (Å²) in [6.07, 6.45) is 1.34. The van der Waals surface area contributed by atoms with E-state index in [0.29, 0.717) is 32.6 Å². The summed E-state index contributed by atoms with van der Waals surface area (Å²) in [5, 5.41) is 8.71. The number of fused-ring (bicyclic) bond motifs is 1. The minimum Gasteiger partial charge on any atom is -0.481 e. The fourth-order valence-electron chi connectivity index (χ4n) is 2.86. The summed E-state index contributed by atoms with van der Waals surface area (Å²) in [6, 6.07) is 0.0196. The van der Waals surface area contributed by atoms with Gasteiger partial charge in [0, 0.05) is 45.2 Å². The van der Waals surface area contributed by atoms with Crippen molar-refractivity contribution in [1.29, 1.82) is 0 Å². The number of amides is 3. The number of carbonyl (C=O) groups is 3. The molecule has 1 atom stereocenters.